The van der Waals surface area contributed by atoms with E-state index in [1.54, 1.807) is 0 Å². The third kappa shape index (κ3) is 1.55. The molecule has 18 heavy (non-hydrogen) atoms. The van der Waals surface area contributed by atoms with Crippen molar-refractivity contribution in [2.24, 2.45) is 23.0 Å². The number of carbonyl (C=O) groups is 1. The summed E-state index contributed by atoms with van der Waals surface area (Å²) in [4.78, 5) is 12.5. The normalized spacial score (nSPS) is 41.7. The first kappa shape index (κ1) is 12.4. The number of fused-ring (bicyclic) bond motifs is 1. The first-order valence-electron chi connectivity index (χ1n) is 7.16. The molecule has 3 fully saturated rings. The predicted molar refractivity (Wildman–Crippen MR) is 68.9 cm³/mol. The van der Waals surface area contributed by atoms with Crippen molar-refractivity contribution < 1.29 is 9.53 Å². The van der Waals surface area contributed by atoms with Gasteiger partial charge in [0.25, 0.3) is 0 Å². The standard InChI is InChI=1S/C14H24N2O2/c1-13(2)11-10(4-3-7-18-11)14(13,15)12(17)16-8-9-5-6-9/h9-11H,3-8,15H2,1-2H3,(H,16,17). The van der Waals surface area contributed by atoms with Gasteiger partial charge in [-0.3, -0.25) is 4.79 Å². The molecule has 0 aromatic rings. The minimum Gasteiger partial charge on any atom is -0.377 e. The lowest BCUT2D eigenvalue weighted by Crippen LogP contribution is -2.82. The lowest BCUT2D eigenvalue weighted by atomic mass is 9.46. The van der Waals surface area contributed by atoms with E-state index in [4.69, 9.17) is 10.5 Å². The van der Waals surface area contributed by atoms with Crippen molar-refractivity contribution in [2.45, 2.75) is 51.2 Å². The van der Waals surface area contributed by atoms with Gasteiger partial charge in [-0.25, -0.2) is 0 Å². The van der Waals surface area contributed by atoms with Crippen molar-refractivity contribution in [2.75, 3.05) is 13.2 Å². The van der Waals surface area contributed by atoms with Gasteiger partial charge in [-0.2, -0.15) is 0 Å². The first-order valence-corrected chi connectivity index (χ1v) is 7.16. The summed E-state index contributed by atoms with van der Waals surface area (Å²) < 4.78 is 5.82. The molecule has 1 aliphatic heterocycles. The highest BCUT2D eigenvalue weighted by molar-refractivity contribution is 5.89. The highest BCUT2D eigenvalue weighted by Crippen LogP contribution is 2.57. The number of hydrogen-bond donors (Lipinski definition) is 2. The van der Waals surface area contributed by atoms with E-state index in [0.29, 0.717) is 5.92 Å². The van der Waals surface area contributed by atoms with Crippen molar-refractivity contribution in [1.82, 2.24) is 5.32 Å². The van der Waals surface area contributed by atoms with Crippen LogP contribution in [0.2, 0.25) is 0 Å². The fourth-order valence-electron chi connectivity index (χ4n) is 3.74. The van der Waals surface area contributed by atoms with Gasteiger partial charge >= 0.3 is 0 Å². The number of nitrogens with two attached hydrogens (primary N) is 1. The zero-order valence-corrected chi connectivity index (χ0v) is 11.4. The molecule has 3 rings (SSSR count). The molecule has 4 nitrogen and oxygen atoms in total. The van der Waals surface area contributed by atoms with Crippen LogP contribution in [-0.4, -0.2) is 30.7 Å². The van der Waals surface area contributed by atoms with Gasteiger partial charge < -0.3 is 15.8 Å². The third-order valence-electron chi connectivity index (χ3n) is 5.31. The van der Waals surface area contributed by atoms with Gasteiger partial charge in [0, 0.05) is 24.5 Å². The maximum Gasteiger partial charge on any atom is 0.241 e. The zero-order chi connectivity index (χ0) is 13.0. The highest BCUT2D eigenvalue weighted by atomic mass is 16.5. The summed E-state index contributed by atoms with van der Waals surface area (Å²) in [7, 11) is 0. The summed E-state index contributed by atoms with van der Waals surface area (Å²) >= 11 is 0. The Morgan fingerprint density at radius 2 is 2.11 bits per heavy atom. The molecular weight excluding hydrogens is 228 g/mol. The van der Waals surface area contributed by atoms with Crippen LogP contribution < -0.4 is 11.1 Å². The molecule has 1 amide bonds. The molecule has 3 unspecified atom stereocenters. The lowest BCUT2D eigenvalue weighted by molar-refractivity contribution is -0.225. The Morgan fingerprint density at radius 3 is 2.78 bits per heavy atom. The first-order chi connectivity index (χ1) is 8.48. The number of amides is 1. The van der Waals surface area contributed by atoms with E-state index in [2.05, 4.69) is 19.2 Å². The average Bonchev–Trinajstić information content (AvgIpc) is 3.19. The largest absolute Gasteiger partial charge is 0.377 e. The summed E-state index contributed by atoms with van der Waals surface area (Å²) in [6.07, 6.45) is 4.68. The number of carbonyl (C=O) groups excluding carboxylic acids is 1. The summed E-state index contributed by atoms with van der Waals surface area (Å²) in [6.45, 7) is 5.74. The van der Waals surface area contributed by atoms with Crippen LogP contribution in [0.15, 0.2) is 0 Å². The van der Waals surface area contributed by atoms with Gasteiger partial charge in [-0.05, 0) is 31.6 Å². The van der Waals surface area contributed by atoms with Gasteiger partial charge in [0.05, 0.1) is 6.10 Å². The molecule has 0 bridgehead atoms. The third-order valence-corrected chi connectivity index (χ3v) is 5.31. The lowest BCUT2D eigenvalue weighted by Gasteiger charge is -2.65. The molecule has 102 valence electrons. The predicted octanol–water partition coefficient (Wildman–Crippen LogP) is 1.05. The van der Waals surface area contributed by atoms with E-state index in [9.17, 15) is 4.79 Å². The molecule has 0 aromatic heterocycles. The highest BCUT2D eigenvalue weighted by Gasteiger charge is 2.70. The van der Waals surface area contributed by atoms with Crippen LogP contribution in [0, 0.1) is 17.3 Å². The Hall–Kier alpha value is -0.610. The Bertz CT molecular complexity index is 365. The zero-order valence-electron chi connectivity index (χ0n) is 11.4. The molecule has 4 heteroatoms. The molecule has 0 aromatic carbocycles. The Balaban J connectivity index is 1.72. The van der Waals surface area contributed by atoms with E-state index >= 15 is 0 Å². The van der Waals surface area contributed by atoms with E-state index in [1.165, 1.54) is 12.8 Å². The van der Waals surface area contributed by atoms with E-state index in [-0.39, 0.29) is 23.3 Å². The SMILES string of the molecule is CC1(C)C2OCCCC2C1(N)C(=O)NCC1CC1. The summed E-state index contributed by atoms with van der Waals surface area (Å²) in [5.74, 6) is 0.922. The maximum absolute atomic E-state index is 12.5. The molecule has 1 heterocycles. The summed E-state index contributed by atoms with van der Waals surface area (Å²) in [5.41, 5.74) is 5.49. The molecule has 2 aliphatic carbocycles. The Morgan fingerprint density at radius 1 is 1.39 bits per heavy atom. The van der Waals surface area contributed by atoms with Gasteiger partial charge in [-0.15, -0.1) is 0 Å². The second kappa shape index (κ2) is 3.94. The number of ether oxygens (including phenoxy) is 1. The summed E-state index contributed by atoms with van der Waals surface area (Å²) in [5, 5.41) is 3.06. The fraction of sp³-hybridized carbons (Fsp3) is 0.929. The molecule has 0 spiro atoms. The average molecular weight is 252 g/mol. The van der Waals surface area contributed by atoms with Gasteiger partial charge in [-0.1, -0.05) is 13.8 Å². The molecule has 3 atom stereocenters. The second-order valence-electron chi connectivity index (χ2n) is 6.78. The minimum absolute atomic E-state index is 0.0335. The number of rotatable bonds is 3. The van der Waals surface area contributed by atoms with E-state index < -0.39 is 5.54 Å². The van der Waals surface area contributed by atoms with Gasteiger partial charge in [0.15, 0.2) is 0 Å². The molecule has 2 saturated carbocycles. The maximum atomic E-state index is 12.5. The van der Waals surface area contributed by atoms with Crippen molar-refractivity contribution >= 4 is 5.91 Å². The van der Waals surface area contributed by atoms with Crippen molar-refractivity contribution in [3.05, 3.63) is 0 Å². The molecule has 0 radical (unpaired) electrons. The van der Waals surface area contributed by atoms with Crippen molar-refractivity contribution in [1.29, 1.82) is 0 Å². The van der Waals surface area contributed by atoms with E-state index in [0.717, 1.165) is 26.0 Å². The second-order valence-corrected chi connectivity index (χ2v) is 6.78. The monoisotopic (exact) mass is 252 g/mol. The van der Waals surface area contributed by atoms with Gasteiger partial charge in [0.2, 0.25) is 5.91 Å². The van der Waals surface area contributed by atoms with Crippen LogP contribution >= 0.6 is 0 Å². The Labute approximate surface area is 109 Å². The molecule has 3 aliphatic rings. The van der Waals surface area contributed by atoms with Crippen LogP contribution in [0.4, 0.5) is 0 Å². The van der Waals surface area contributed by atoms with Crippen molar-refractivity contribution in [3.8, 4) is 0 Å². The van der Waals surface area contributed by atoms with Crippen LogP contribution in [0.3, 0.4) is 0 Å². The topological polar surface area (TPSA) is 64.3 Å². The van der Waals surface area contributed by atoms with E-state index in [1.807, 2.05) is 0 Å². The Kier molecular flexibility index (Phi) is 2.72. The molecule has 1 saturated heterocycles. The van der Waals surface area contributed by atoms with Crippen LogP contribution in [0.1, 0.15) is 39.5 Å². The fourth-order valence-corrected chi connectivity index (χ4v) is 3.74. The number of nitrogens with one attached hydrogen (secondary N) is 1. The minimum atomic E-state index is -0.743. The summed E-state index contributed by atoms with van der Waals surface area (Å²) in [6, 6.07) is 0. The van der Waals surface area contributed by atoms with Crippen molar-refractivity contribution in [3.63, 3.8) is 0 Å². The van der Waals surface area contributed by atoms with Crippen LogP contribution in [-0.2, 0) is 9.53 Å². The van der Waals surface area contributed by atoms with Crippen LogP contribution in [0.25, 0.3) is 0 Å². The smallest absolute Gasteiger partial charge is 0.241 e. The quantitative estimate of drug-likeness (QED) is 0.789. The number of hydrogen-bond acceptors (Lipinski definition) is 3. The van der Waals surface area contributed by atoms with Crippen LogP contribution in [0.5, 0.6) is 0 Å². The molecular formula is C14H24N2O2. The molecule has 3 N–H and O–H groups in total. The van der Waals surface area contributed by atoms with Gasteiger partial charge in [0.1, 0.15) is 5.54 Å².